The number of anilines is 1. The number of benzene rings is 2. The van der Waals surface area contributed by atoms with Gasteiger partial charge in [-0.25, -0.2) is 4.98 Å². The zero-order chi connectivity index (χ0) is 18.8. The second-order valence-corrected chi connectivity index (χ2v) is 8.65. The van der Waals surface area contributed by atoms with Crippen molar-refractivity contribution in [3.63, 3.8) is 0 Å². The van der Waals surface area contributed by atoms with Crippen LogP contribution in [0.1, 0.15) is 23.8 Å². The zero-order valence-corrected chi connectivity index (χ0v) is 16.9. The third kappa shape index (κ3) is 4.43. The van der Waals surface area contributed by atoms with Crippen molar-refractivity contribution in [3.05, 3.63) is 57.5 Å². The highest BCUT2D eigenvalue weighted by atomic mass is 35.5. The van der Waals surface area contributed by atoms with E-state index in [1.807, 2.05) is 6.07 Å². The van der Waals surface area contributed by atoms with Crippen molar-refractivity contribution in [3.8, 4) is 0 Å². The largest absolute Gasteiger partial charge is 0.324 e. The van der Waals surface area contributed by atoms with Crippen LogP contribution < -0.4 is 5.32 Å². The summed E-state index contributed by atoms with van der Waals surface area (Å²) in [7, 11) is 0. The number of para-hydroxylation sites is 1. The topological polar surface area (TPSA) is 45.2 Å². The smallest absolute Gasteiger partial charge is 0.238 e. The summed E-state index contributed by atoms with van der Waals surface area (Å²) in [6, 6.07) is 13.3. The summed E-state index contributed by atoms with van der Waals surface area (Å²) in [6.45, 7) is 2.13. The third-order valence-electron chi connectivity index (χ3n) is 4.82. The number of rotatable bonds is 4. The fourth-order valence-corrected chi connectivity index (χ4v) is 4.86. The van der Waals surface area contributed by atoms with Gasteiger partial charge in [0.05, 0.1) is 32.5 Å². The lowest BCUT2D eigenvalue weighted by atomic mass is 9.97. The summed E-state index contributed by atoms with van der Waals surface area (Å²) >= 11 is 13.9. The van der Waals surface area contributed by atoms with Crippen molar-refractivity contribution in [2.24, 2.45) is 0 Å². The first kappa shape index (κ1) is 18.7. The first-order valence-corrected chi connectivity index (χ1v) is 10.5. The molecule has 27 heavy (non-hydrogen) atoms. The number of nitrogens with one attached hydrogen (secondary N) is 1. The number of fused-ring (bicyclic) bond motifs is 1. The van der Waals surface area contributed by atoms with Gasteiger partial charge in [-0.05, 0) is 56.3 Å². The molecule has 1 aromatic heterocycles. The van der Waals surface area contributed by atoms with E-state index in [2.05, 4.69) is 28.4 Å². The molecule has 0 spiro atoms. The minimum absolute atomic E-state index is 0.0717. The summed E-state index contributed by atoms with van der Waals surface area (Å²) in [5.41, 5.74) is 1.64. The predicted molar refractivity (Wildman–Crippen MR) is 113 cm³/mol. The molecule has 0 bridgehead atoms. The van der Waals surface area contributed by atoms with Crippen molar-refractivity contribution >= 4 is 56.3 Å². The second-order valence-electron chi connectivity index (χ2n) is 6.74. The Labute approximate surface area is 172 Å². The summed E-state index contributed by atoms with van der Waals surface area (Å²) in [4.78, 5) is 19.3. The maximum absolute atomic E-state index is 12.3. The van der Waals surface area contributed by atoms with E-state index >= 15 is 0 Å². The van der Waals surface area contributed by atoms with Crippen LogP contribution >= 0.6 is 34.5 Å². The van der Waals surface area contributed by atoms with E-state index in [4.69, 9.17) is 28.2 Å². The Morgan fingerprint density at radius 1 is 1.19 bits per heavy atom. The number of aromatic nitrogens is 1. The van der Waals surface area contributed by atoms with E-state index in [-0.39, 0.29) is 5.91 Å². The highest BCUT2D eigenvalue weighted by molar-refractivity contribution is 7.18. The lowest BCUT2D eigenvalue weighted by Gasteiger charge is -2.30. The van der Waals surface area contributed by atoms with Gasteiger partial charge in [0.25, 0.3) is 0 Å². The average Bonchev–Trinajstić information content (AvgIpc) is 3.09. The van der Waals surface area contributed by atoms with Crippen LogP contribution in [0.2, 0.25) is 10.0 Å². The van der Waals surface area contributed by atoms with Gasteiger partial charge in [-0.2, -0.15) is 0 Å². The molecule has 0 radical (unpaired) electrons. The predicted octanol–water partition coefficient (Wildman–Crippen LogP) is 5.42. The van der Waals surface area contributed by atoms with Crippen LogP contribution in [0.5, 0.6) is 0 Å². The lowest BCUT2D eigenvalue weighted by molar-refractivity contribution is -0.117. The van der Waals surface area contributed by atoms with E-state index in [9.17, 15) is 4.79 Å². The molecule has 7 heteroatoms. The van der Waals surface area contributed by atoms with Gasteiger partial charge in [0.15, 0.2) is 0 Å². The molecule has 0 atom stereocenters. The standard InChI is InChI=1S/C20H19Cl2N3OS/c21-14-5-6-15(22)17(11-14)23-19(26)12-25-9-7-13(8-10-25)20-24-16-3-1-2-4-18(16)27-20/h1-6,11,13H,7-10,12H2,(H,23,26). The van der Waals surface area contributed by atoms with Crippen molar-refractivity contribution < 1.29 is 4.79 Å². The van der Waals surface area contributed by atoms with E-state index in [0.717, 1.165) is 31.4 Å². The van der Waals surface area contributed by atoms with Crippen LogP contribution in [0.3, 0.4) is 0 Å². The number of hydrogen-bond acceptors (Lipinski definition) is 4. The maximum Gasteiger partial charge on any atom is 0.238 e. The van der Waals surface area contributed by atoms with Gasteiger partial charge in [0, 0.05) is 10.9 Å². The molecule has 1 fully saturated rings. The van der Waals surface area contributed by atoms with Crippen molar-refractivity contribution in [2.45, 2.75) is 18.8 Å². The Balaban J connectivity index is 1.32. The highest BCUT2D eigenvalue weighted by Gasteiger charge is 2.24. The van der Waals surface area contributed by atoms with E-state index in [0.29, 0.717) is 28.2 Å². The van der Waals surface area contributed by atoms with E-state index in [1.165, 1.54) is 9.71 Å². The molecule has 0 unspecified atom stereocenters. The normalized spacial score (nSPS) is 15.9. The first-order valence-electron chi connectivity index (χ1n) is 8.91. The van der Waals surface area contributed by atoms with Crippen LogP contribution in [-0.4, -0.2) is 35.4 Å². The molecule has 1 aliphatic rings. The molecule has 3 aromatic rings. The fraction of sp³-hybridized carbons (Fsp3) is 0.300. The molecule has 0 aliphatic carbocycles. The number of carbonyl (C=O) groups is 1. The minimum Gasteiger partial charge on any atom is -0.324 e. The number of likely N-dealkylation sites (tertiary alicyclic amines) is 1. The van der Waals surface area contributed by atoms with Gasteiger partial charge in [-0.3, -0.25) is 9.69 Å². The van der Waals surface area contributed by atoms with Crippen molar-refractivity contribution in [2.75, 3.05) is 25.0 Å². The molecule has 1 N–H and O–H groups in total. The average molecular weight is 420 g/mol. The monoisotopic (exact) mass is 419 g/mol. The Morgan fingerprint density at radius 3 is 2.74 bits per heavy atom. The molecule has 0 saturated carbocycles. The maximum atomic E-state index is 12.3. The van der Waals surface area contributed by atoms with Gasteiger partial charge >= 0.3 is 0 Å². The van der Waals surface area contributed by atoms with Gasteiger partial charge < -0.3 is 5.32 Å². The van der Waals surface area contributed by atoms with Gasteiger partial charge in [-0.1, -0.05) is 35.3 Å². The van der Waals surface area contributed by atoms with E-state index < -0.39 is 0 Å². The van der Waals surface area contributed by atoms with Crippen LogP contribution in [0, 0.1) is 0 Å². The number of halogens is 2. The SMILES string of the molecule is O=C(CN1CCC(c2nc3ccccc3s2)CC1)Nc1cc(Cl)ccc1Cl. The molecule has 140 valence electrons. The number of nitrogens with zero attached hydrogens (tertiary/aromatic N) is 2. The quantitative estimate of drug-likeness (QED) is 0.613. The lowest BCUT2D eigenvalue weighted by Crippen LogP contribution is -2.38. The summed E-state index contributed by atoms with van der Waals surface area (Å²) in [6.07, 6.45) is 2.04. The van der Waals surface area contributed by atoms with E-state index in [1.54, 1.807) is 29.5 Å². The second kappa shape index (κ2) is 8.15. The van der Waals surface area contributed by atoms with Gasteiger partial charge in [0.1, 0.15) is 0 Å². The van der Waals surface area contributed by atoms with Crippen LogP contribution in [0.25, 0.3) is 10.2 Å². The summed E-state index contributed by atoms with van der Waals surface area (Å²) in [5, 5.41) is 5.10. The van der Waals surface area contributed by atoms with Crippen molar-refractivity contribution in [1.82, 2.24) is 9.88 Å². The minimum atomic E-state index is -0.0717. The molecular weight excluding hydrogens is 401 g/mol. The van der Waals surface area contributed by atoms with Crippen LogP contribution in [0.15, 0.2) is 42.5 Å². The van der Waals surface area contributed by atoms with Crippen LogP contribution in [0.4, 0.5) is 5.69 Å². The third-order valence-corrected chi connectivity index (χ3v) is 6.58. The molecule has 4 nitrogen and oxygen atoms in total. The molecule has 1 aliphatic heterocycles. The molecule has 1 amide bonds. The molecule has 4 rings (SSSR count). The Bertz CT molecular complexity index is 934. The molecule has 2 aromatic carbocycles. The summed E-state index contributed by atoms with van der Waals surface area (Å²) in [5.74, 6) is 0.404. The number of hydrogen-bond donors (Lipinski definition) is 1. The molecular formula is C20H19Cl2N3OS. The Kier molecular flexibility index (Phi) is 5.64. The number of amides is 1. The number of carbonyl (C=O) groups excluding carboxylic acids is 1. The highest BCUT2D eigenvalue weighted by Crippen LogP contribution is 2.33. The Hall–Kier alpha value is -1.66. The zero-order valence-electron chi connectivity index (χ0n) is 14.6. The summed E-state index contributed by atoms with van der Waals surface area (Å²) < 4.78 is 1.24. The fourth-order valence-electron chi connectivity index (χ4n) is 3.39. The van der Waals surface area contributed by atoms with Crippen molar-refractivity contribution in [1.29, 1.82) is 0 Å². The van der Waals surface area contributed by atoms with Gasteiger partial charge in [-0.15, -0.1) is 11.3 Å². The molecule has 1 saturated heterocycles. The number of thiazole rings is 1. The number of piperidine rings is 1. The first-order chi connectivity index (χ1) is 13.1. The molecule has 2 heterocycles. The van der Waals surface area contributed by atoms with Gasteiger partial charge in [0.2, 0.25) is 5.91 Å². The Morgan fingerprint density at radius 2 is 1.96 bits per heavy atom. The van der Waals surface area contributed by atoms with Crippen LogP contribution in [-0.2, 0) is 4.79 Å².